The standard InChI is InChI=1S/C17H16Cl2N2O5/c1-3-5-21-16(23)13(20-17(21)24)8-10-6-11(18)15(12(19)7-10)26-9-14(22)25-4-2/h3,6-8H,1,4-5,9H2,2H3,(H,20,24)/b13-8+. The number of benzene rings is 1. The molecule has 1 N–H and O–H groups in total. The van der Waals surface area contributed by atoms with Crippen molar-refractivity contribution >= 4 is 47.2 Å². The highest BCUT2D eigenvalue weighted by atomic mass is 35.5. The third-order valence-electron chi connectivity index (χ3n) is 3.25. The van der Waals surface area contributed by atoms with Crippen LogP contribution in [0.4, 0.5) is 4.79 Å². The zero-order chi connectivity index (χ0) is 19.3. The second kappa shape index (κ2) is 8.73. The smallest absolute Gasteiger partial charge is 0.344 e. The van der Waals surface area contributed by atoms with Crippen molar-refractivity contribution in [2.75, 3.05) is 19.8 Å². The van der Waals surface area contributed by atoms with Crippen molar-refractivity contribution in [2.45, 2.75) is 6.92 Å². The second-order valence-electron chi connectivity index (χ2n) is 5.10. The molecule has 0 spiro atoms. The zero-order valence-electron chi connectivity index (χ0n) is 13.9. The van der Waals surface area contributed by atoms with E-state index in [4.69, 9.17) is 32.7 Å². The van der Waals surface area contributed by atoms with Crippen LogP contribution in [0, 0.1) is 0 Å². The number of rotatable bonds is 7. The molecule has 0 atom stereocenters. The van der Waals surface area contributed by atoms with Gasteiger partial charge in [-0.1, -0.05) is 29.3 Å². The minimum Gasteiger partial charge on any atom is -0.479 e. The summed E-state index contributed by atoms with van der Waals surface area (Å²) in [6, 6.07) is 2.46. The number of carbonyl (C=O) groups is 3. The Balaban J connectivity index is 2.19. The number of urea groups is 1. The van der Waals surface area contributed by atoms with Gasteiger partial charge in [-0.15, -0.1) is 6.58 Å². The Morgan fingerprint density at radius 3 is 2.54 bits per heavy atom. The third-order valence-corrected chi connectivity index (χ3v) is 3.81. The van der Waals surface area contributed by atoms with Crippen molar-refractivity contribution < 1.29 is 23.9 Å². The molecule has 26 heavy (non-hydrogen) atoms. The Labute approximate surface area is 160 Å². The topological polar surface area (TPSA) is 84.9 Å². The van der Waals surface area contributed by atoms with Crippen molar-refractivity contribution in [3.63, 3.8) is 0 Å². The summed E-state index contributed by atoms with van der Waals surface area (Å²) < 4.78 is 10.0. The molecule has 1 saturated heterocycles. The molecule has 0 aliphatic carbocycles. The Morgan fingerprint density at radius 1 is 1.31 bits per heavy atom. The molecule has 0 radical (unpaired) electrons. The predicted molar refractivity (Wildman–Crippen MR) is 97.0 cm³/mol. The molecule has 1 aliphatic heterocycles. The van der Waals surface area contributed by atoms with Crippen molar-refractivity contribution in [1.82, 2.24) is 10.2 Å². The van der Waals surface area contributed by atoms with Crippen LogP contribution >= 0.6 is 23.2 Å². The average molecular weight is 399 g/mol. The second-order valence-corrected chi connectivity index (χ2v) is 5.91. The summed E-state index contributed by atoms with van der Waals surface area (Å²) in [6.07, 6.45) is 2.89. The first-order valence-electron chi connectivity index (χ1n) is 7.60. The molecular formula is C17H16Cl2N2O5. The molecule has 1 aliphatic rings. The molecule has 7 nitrogen and oxygen atoms in total. The van der Waals surface area contributed by atoms with E-state index in [9.17, 15) is 14.4 Å². The van der Waals surface area contributed by atoms with Crippen molar-refractivity contribution in [3.8, 4) is 5.75 Å². The van der Waals surface area contributed by atoms with Crippen LogP contribution in [-0.2, 0) is 14.3 Å². The molecule has 9 heteroatoms. The lowest BCUT2D eigenvalue weighted by Crippen LogP contribution is -2.30. The van der Waals surface area contributed by atoms with Crippen molar-refractivity contribution in [2.24, 2.45) is 0 Å². The minimum absolute atomic E-state index is 0.0872. The number of halogens is 2. The highest BCUT2D eigenvalue weighted by molar-refractivity contribution is 6.37. The number of nitrogens with zero attached hydrogens (tertiary/aromatic N) is 1. The summed E-state index contributed by atoms with van der Waals surface area (Å²) in [6.45, 7) is 5.18. The lowest BCUT2D eigenvalue weighted by Gasteiger charge is -2.10. The van der Waals surface area contributed by atoms with Gasteiger partial charge in [0.1, 0.15) is 5.70 Å². The molecule has 3 amide bonds. The summed E-state index contributed by atoms with van der Waals surface area (Å²) in [5, 5.41) is 2.76. The molecule has 0 saturated carbocycles. The van der Waals surface area contributed by atoms with Crippen LogP contribution in [-0.4, -0.2) is 42.6 Å². The summed E-state index contributed by atoms with van der Waals surface area (Å²) >= 11 is 12.3. The SMILES string of the molecule is C=CCN1C(=O)N/C(=C/c2cc(Cl)c(OCC(=O)OCC)c(Cl)c2)C1=O. The van der Waals surface area contributed by atoms with Gasteiger partial charge < -0.3 is 14.8 Å². The molecule has 1 fully saturated rings. The maximum Gasteiger partial charge on any atom is 0.344 e. The van der Waals surface area contributed by atoms with Gasteiger partial charge in [0, 0.05) is 6.54 Å². The molecule has 138 valence electrons. The molecule has 0 unspecified atom stereocenters. The predicted octanol–water partition coefficient (Wildman–Crippen LogP) is 3.01. The number of hydrogen-bond donors (Lipinski definition) is 1. The van der Waals surface area contributed by atoms with E-state index in [1.165, 1.54) is 24.3 Å². The number of imide groups is 1. The van der Waals surface area contributed by atoms with E-state index >= 15 is 0 Å². The molecule has 1 aromatic rings. The summed E-state index contributed by atoms with van der Waals surface area (Å²) in [5.74, 6) is -0.907. The summed E-state index contributed by atoms with van der Waals surface area (Å²) in [7, 11) is 0. The van der Waals surface area contributed by atoms with Gasteiger partial charge in [0.05, 0.1) is 16.7 Å². The van der Waals surface area contributed by atoms with Crippen LogP contribution < -0.4 is 10.1 Å². The first kappa shape index (κ1) is 19.8. The number of amides is 3. The van der Waals surface area contributed by atoms with E-state index in [2.05, 4.69) is 11.9 Å². The maximum atomic E-state index is 12.2. The highest BCUT2D eigenvalue weighted by Crippen LogP contribution is 2.35. The monoisotopic (exact) mass is 398 g/mol. The van der Waals surface area contributed by atoms with Gasteiger partial charge in [-0.25, -0.2) is 9.59 Å². The Kier molecular flexibility index (Phi) is 6.65. The molecule has 1 heterocycles. The lowest BCUT2D eigenvalue weighted by atomic mass is 10.1. The summed E-state index contributed by atoms with van der Waals surface area (Å²) in [4.78, 5) is 36.3. The summed E-state index contributed by atoms with van der Waals surface area (Å²) in [5.41, 5.74) is 0.566. The van der Waals surface area contributed by atoms with Crippen molar-refractivity contribution in [3.05, 3.63) is 46.1 Å². The van der Waals surface area contributed by atoms with Crippen LogP contribution in [0.2, 0.25) is 10.0 Å². The normalized spacial score (nSPS) is 15.2. The van der Waals surface area contributed by atoms with Crippen LogP contribution in [0.3, 0.4) is 0 Å². The third kappa shape index (κ3) is 4.56. The number of hydrogen-bond acceptors (Lipinski definition) is 5. The van der Waals surface area contributed by atoms with E-state index in [0.717, 1.165) is 4.90 Å². The van der Waals surface area contributed by atoms with Crippen LogP contribution in [0.25, 0.3) is 6.08 Å². The van der Waals surface area contributed by atoms with E-state index in [-0.39, 0.29) is 41.3 Å². The fourth-order valence-electron chi connectivity index (χ4n) is 2.17. The first-order chi connectivity index (χ1) is 12.4. The number of carbonyl (C=O) groups excluding carboxylic acids is 3. The van der Waals surface area contributed by atoms with Crippen molar-refractivity contribution in [1.29, 1.82) is 0 Å². The molecule has 0 aromatic heterocycles. The van der Waals surface area contributed by atoms with Gasteiger partial charge in [0.15, 0.2) is 12.4 Å². The van der Waals surface area contributed by atoms with Gasteiger partial charge in [0.25, 0.3) is 5.91 Å². The Bertz CT molecular complexity index is 768. The average Bonchev–Trinajstić information content (AvgIpc) is 2.82. The first-order valence-corrected chi connectivity index (χ1v) is 8.35. The fourth-order valence-corrected chi connectivity index (χ4v) is 2.78. The number of nitrogens with one attached hydrogen (secondary N) is 1. The lowest BCUT2D eigenvalue weighted by molar-refractivity contribution is -0.145. The van der Waals surface area contributed by atoms with Crippen LogP contribution in [0.5, 0.6) is 5.75 Å². The van der Waals surface area contributed by atoms with Gasteiger partial charge in [0.2, 0.25) is 0 Å². The van der Waals surface area contributed by atoms with E-state index < -0.39 is 17.9 Å². The Morgan fingerprint density at radius 2 is 1.96 bits per heavy atom. The van der Waals surface area contributed by atoms with Gasteiger partial charge in [-0.2, -0.15) is 0 Å². The maximum absolute atomic E-state index is 12.2. The molecule has 0 bridgehead atoms. The van der Waals surface area contributed by atoms with Crippen LogP contribution in [0.15, 0.2) is 30.5 Å². The molecular weight excluding hydrogens is 383 g/mol. The number of esters is 1. The fraction of sp³-hybridized carbons (Fsp3) is 0.235. The molecule has 1 aromatic carbocycles. The number of ether oxygens (including phenoxy) is 2. The van der Waals surface area contributed by atoms with Gasteiger partial charge in [-0.05, 0) is 30.7 Å². The highest BCUT2D eigenvalue weighted by Gasteiger charge is 2.32. The zero-order valence-corrected chi connectivity index (χ0v) is 15.4. The van der Waals surface area contributed by atoms with E-state index in [1.807, 2.05) is 0 Å². The molecule has 2 rings (SSSR count). The Hall–Kier alpha value is -2.51. The van der Waals surface area contributed by atoms with E-state index in [0.29, 0.717) is 5.56 Å². The largest absolute Gasteiger partial charge is 0.479 e. The van der Waals surface area contributed by atoms with E-state index in [1.54, 1.807) is 6.92 Å². The van der Waals surface area contributed by atoms with Crippen LogP contribution in [0.1, 0.15) is 12.5 Å². The van der Waals surface area contributed by atoms with Gasteiger partial charge in [-0.3, -0.25) is 9.69 Å². The minimum atomic E-state index is -0.549. The quantitative estimate of drug-likeness (QED) is 0.330. The van der Waals surface area contributed by atoms with Gasteiger partial charge >= 0.3 is 12.0 Å².